The van der Waals surface area contributed by atoms with Gasteiger partial charge in [-0.3, -0.25) is 9.63 Å². The highest BCUT2D eigenvalue weighted by molar-refractivity contribution is 5.76. The summed E-state index contributed by atoms with van der Waals surface area (Å²) in [5.41, 5.74) is 6.73. The van der Waals surface area contributed by atoms with Gasteiger partial charge in [-0.05, 0) is 0 Å². The van der Waals surface area contributed by atoms with E-state index in [9.17, 15) is 9.59 Å². The third-order valence-corrected chi connectivity index (χ3v) is 0.780. The van der Waals surface area contributed by atoms with Crippen LogP contribution >= 0.6 is 0 Å². The summed E-state index contributed by atoms with van der Waals surface area (Å²) < 4.78 is 0. The maximum Gasteiger partial charge on any atom is 0.340 e. The number of urea groups is 1. The molecule has 0 heterocycles. The van der Waals surface area contributed by atoms with Crippen molar-refractivity contribution in [3.63, 3.8) is 0 Å². The summed E-state index contributed by atoms with van der Waals surface area (Å²) >= 11 is 0. The van der Waals surface area contributed by atoms with E-state index in [1.54, 1.807) is 14.1 Å². The third-order valence-electron chi connectivity index (χ3n) is 0.780. The first-order chi connectivity index (χ1) is 5.04. The first-order valence-electron chi connectivity index (χ1n) is 2.91. The lowest BCUT2D eigenvalue weighted by molar-refractivity contribution is -0.124. The van der Waals surface area contributed by atoms with Crippen LogP contribution in [-0.4, -0.2) is 37.5 Å². The summed E-state index contributed by atoms with van der Waals surface area (Å²) in [7, 11) is 3.09. The molecular weight excluding hydrogens is 150 g/mol. The second-order valence-corrected chi connectivity index (χ2v) is 2.06. The molecule has 0 aromatic rings. The molecule has 6 nitrogen and oxygen atoms in total. The van der Waals surface area contributed by atoms with E-state index < -0.39 is 11.9 Å². The molecule has 0 saturated carbocycles. The van der Waals surface area contributed by atoms with Crippen molar-refractivity contribution in [1.82, 2.24) is 10.4 Å². The fraction of sp³-hybridized carbons (Fsp3) is 0.600. The molecule has 0 spiro atoms. The molecule has 0 radical (unpaired) electrons. The second-order valence-electron chi connectivity index (χ2n) is 2.06. The van der Waals surface area contributed by atoms with Gasteiger partial charge in [0.15, 0.2) is 6.61 Å². The number of nitrogens with zero attached hydrogens (tertiary/aromatic N) is 1. The molecule has 0 aliphatic heterocycles. The van der Waals surface area contributed by atoms with Crippen LogP contribution in [0.1, 0.15) is 0 Å². The SMILES string of the molecule is CN(C)C(=O)NOCC(N)=O. The average Bonchev–Trinajstić information content (AvgIpc) is 1.86. The Bertz CT molecular complexity index is 157. The van der Waals surface area contributed by atoms with Gasteiger partial charge in [-0.2, -0.15) is 0 Å². The Morgan fingerprint density at radius 1 is 1.55 bits per heavy atom. The zero-order chi connectivity index (χ0) is 8.85. The average molecular weight is 161 g/mol. The smallest absolute Gasteiger partial charge is 0.340 e. The van der Waals surface area contributed by atoms with Crippen LogP contribution in [0.15, 0.2) is 0 Å². The Morgan fingerprint density at radius 3 is 2.45 bits per heavy atom. The Morgan fingerprint density at radius 2 is 2.09 bits per heavy atom. The Hall–Kier alpha value is -1.30. The summed E-state index contributed by atoms with van der Waals surface area (Å²) in [5.74, 6) is -0.635. The van der Waals surface area contributed by atoms with E-state index in [1.807, 2.05) is 5.48 Å². The van der Waals surface area contributed by atoms with Crippen molar-refractivity contribution in [3.05, 3.63) is 0 Å². The van der Waals surface area contributed by atoms with Crippen molar-refractivity contribution < 1.29 is 14.4 Å². The molecule has 0 aromatic heterocycles. The van der Waals surface area contributed by atoms with Crippen molar-refractivity contribution in [1.29, 1.82) is 0 Å². The minimum atomic E-state index is -0.635. The number of nitrogens with one attached hydrogen (secondary N) is 1. The molecule has 3 amide bonds. The van der Waals surface area contributed by atoms with Crippen molar-refractivity contribution in [2.45, 2.75) is 0 Å². The number of primary amides is 1. The molecule has 64 valence electrons. The number of hydrogen-bond acceptors (Lipinski definition) is 3. The molecule has 0 bridgehead atoms. The van der Waals surface area contributed by atoms with E-state index in [0.717, 1.165) is 0 Å². The van der Waals surface area contributed by atoms with Crippen LogP contribution in [0, 0.1) is 0 Å². The monoisotopic (exact) mass is 161 g/mol. The molecule has 11 heavy (non-hydrogen) atoms. The van der Waals surface area contributed by atoms with Gasteiger partial charge in [0.25, 0.3) is 0 Å². The zero-order valence-electron chi connectivity index (χ0n) is 6.46. The third kappa shape index (κ3) is 5.16. The fourth-order valence-electron chi connectivity index (χ4n) is 0.260. The first kappa shape index (κ1) is 9.70. The zero-order valence-corrected chi connectivity index (χ0v) is 6.46. The molecule has 3 N–H and O–H groups in total. The molecule has 0 aliphatic rings. The van der Waals surface area contributed by atoms with Crippen LogP contribution in [-0.2, 0) is 9.63 Å². The standard InChI is InChI=1S/C5H11N3O3/c1-8(2)5(10)7-11-3-4(6)9/h3H2,1-2H3,(H2,6,9)(H,7,10). The normalized spacial score (nSPS) is 8.91. The summed E-state index contributed by atoms with van der Waals surface area (Å²) in [6, 6.07) is -0.439. The minimum absolute atomic E-state index is 0.320. The molecule has 0 fully saturated rings. The fourth-order valence-corrected chi connectivity index (χ4v) is 0.260. The molecule has 6 heteroatoms. The van der Waals surface area contributed by atoms with E-state index in [4.69, 9.17) is 5.73 Å². The van der Waals surface area contributed by atoms with Crippen LogP contribution in [0.4, 0.5) is 4.79 Å². The number of nitrogens with two attached hydrogens (primary N) is 1. The molecule has 0 aromatic carbocycles. The highest BCUT2D eigenvalue weighted by Crippen LogP contribution is 1.76. The van der Waals surface area contributed by atoms with Gasteiger partial charge in [0.2, 0.25) is 5.91 Å². The van der Waals surface area contributed by atoms with Crippen molar-refractivity contribution in [2.24, 2.45) is 5.73 Å². The molecule has 0 aliphatic carbocycles. The number of carbonyl (C=O) groups is 2. The van der Waals surface area contributed by atoms with Gasteiger partial charge < -0.3 is 10.6 Å². The van der Waals surface area contributed by atoms with Crippen molar-refractivity contribution in [2.75, 3.05) is 20.7 Å². The van der Waals surface area contributed by atoms with Crippen molar-refractivity contribution >= 4 is 11.9 Å². The maximum absolute atomic E-state index is 10.7. The van der Waals surface area contributed by atoms with Gasteiger partial charge in [0, 0.05) is 14.1 Å². The van der Waals surface area contributed by atoms with Crippen LogP contribution in [0.25, 0.3) is 0 Å². The second kappa shape index (κ2) is 4.51. The molecule has 0 rings (SSSR count). The van der Waals surface area contributed by atoms with Gasteiger partial charge in [-0.15, -0.1) is 0 Å². The van der Waals surface area contributed by atoms with Crippen LogP contribution in [0.5, 0.6) is 0 Å². The van der Waals surface area contributed by atoms with E-state index in [1.165, 1.54) is 4.90 Å². The van der Waals surface area contributed by atoms with E-state index in [-0.39, 0.29) is 6.61 Å². The van der Waals surface area contributed by atoms with Gasteiger partial charge >= 0.3 is 6.03 Å². The predicted molar refractivity (Wildman–Crippen MR) is 37.4 cm³/mol. The number of hydroxylamine groups is 1. The lowest BCUT2D eigenvalue weighted by atomic mass is 10.7. The number of hydrogen-bond donors (Lipinski definition) is 2. The van der Waals surface area contributed by atoms with Crippen LogP contribution in [0.3, 0.4) is 0 Å². The summed E-state index contributed by atoms with van der Waals surface area (Å²) in [4.78, 5) is 26.4. The topological polar surface area (TPSA) is 84.7 Å². The van der Waals surface area contributed by atoms with Gasteiger partial charge in [-0.1, -0.05) is 0 Å². The molecule has 0 saturated heterocycles. The summed E-state index contributed by atoms with van der Waals surface area (Å²) in [6.45, 7) is -0.320. The highest BCUT2D eigenvalue weighted by atomic mass is 16.7. The lowest BCUT2D eigenvalue weighted by Gasteiger charge is -2.10. The number of rotatable bonds is 3. The Labute approximate surface area is 64.2 Å². The van der Waals surface area contributed by atoms with Gasteiger partial charge in [-0.25, -0.2) is 10.3 Å². The minimum Gasteiger partial charge on any atom is -0.368 e. The highest BCUT2D eigenvalue weighted by Gasteiger charge is 2.02. The first-order valence-corrected chi connectivity index (χ1v) is 2.91. The quantitative estimate of drug-likeness (QED) is 0.503. The molecular formula is C5H11N3O3. The van der Waals surface area contributed by atoms with Gasteiger partial charge in [0.05, 0.1) is 0 Å². The Kier molecular flexibility index (Phi) is 3.97. The van der Waals surface area contributed by atoms with E-state index in [2.05, 4.69) is 4.84 Å². The summed E-state index contributed by atoms with van der Waals surface area (Å²) in [6.07, 6.45) is 0. The largest absolute Gasteiger partial charge is 0.368 e. The van der Waals surface area contributed by atoms with Crippen molar-refractivity contribution in [3.8, 4) is 0 Å². The van der Waals surface area contributed by atoms with Gasteiger partial charge in [0.1, 0.15) is 0 Å². The van der Waals surface area contributed by atoms with Crippen LogP contribution < -0.4 is 11.2 Å². The number of carbonyl (C=O) groups excluding carboxylic acids is 2. The summed E-state index contributed by atoms with van der Waals surface area (Å²) in [5, 5.41) is 0. The maximum atomic E-state index is 10.7. The predicted octanol–water partition coefficient (Wildman–Crippen LogP) is -1.33. The number of amides is 3. The lowest BCUT2D eigenvalue weighted by Crippen LogP contribution is -2.36. The van der Waals surface area contributed by atoms with E-state index >= 15 is 0 Å². The molecule has 0 atom stereocenters. The molecule has 0 unspecified atom stereocenters. The Balaban J connectivity index is 3.39. The van der Waals surface area contributed by atoms with Crippen LogP contribution in [0.2, 0.25) is 0 Å². The van der Waals surface area contributed by atoms with E-state index in [0.29, 0.717) is 0 Å².